The Morgan fingerprint density at radius 1 is 1.13 bits per heavy atom. The molecule has 8 heteroatoms. The van der Waals surface area contributed by atoms with Gasteiger partial charge in [-0.1, -0.05) is 41.9 Å². The number of fused-ring (bicyclic) bond motifs is 1. The normalized spacial score (nSPS) is 13.9. The van der Waals surface area contributed by atoms with E-state index in [2.05, 4.69) is 5.32 Å². The molecule has 0 saturated carbocycles. The van der Waals surface area contributed by atoms with E-state index in [0.717, 1.165) is 16.3 Å². The molecule has 30 heavy (non-hydrogen) atoms. The highest BCUT2D eigenvalue weighted by molar-refractivity contribution is 7.99. The molecule has 0 fully saturated rings. The van der Waals surface area contributed by atoms with Gasteiger partial charge in [-0.25, -0.2) is 0 Å². The summed E-state index contributed by atoms with van der Waals surface area (Å²) in [5.41, 5.74) is 1.52. The maximum atomic E-state index is 12.7. The molecule has 1 heterocycles. The lowest BCUT2D eigenvalue weighted by Gasteiger charge is -2.29. The minimum Gasteiger partial charge on any atom is -0.469 e. The zero-order valence-electron chi connectivity index (χ0n) is 16.6. The topological polar surface area (TPSA) is 75.7 Å². The summed E-state index contributed by atoms with van der Waals surface area (Å²) in [5.74, 6) is -0.0569. The van der Waals surface area contributed by atoms with Crippen LogP contribution in [0.3, 0.4) is 0 Å². The van der Waals surface area contributed by atoms with Crippen LogP contribution in [0.5, 0.6) is 0 Å². The molecule has 0 aromatic heterocycles. The summed E-state index contributed by atoms with van der Waals surface area (Å²) in [6.07, 6.45) is 0.0573. The highest BCUT2D eigenvalue weighted by atomic mass is 35.5. The standard InChI is InChI=1S/C22H23ClN2O4S/c1-29-22(28)14-17(15-6-2-3-7-16(15)23)24-20(26)10-11-21(27)25-12-13-30-19-9-5-4-8-18(19)25/h2-9,17H,10-14H2,1H3,(H,24,26). The maximum absolute atomic E-state index is 12.7. The molecule has 0 spiro atoms. The lowest BCUT2D eigenvalue weighted by molar-refractivity contribution is -0.141. The molecule has 1 unspecified atom stereocenters. The van der Waals surface area contributed by atoms with Gasteiger partial charge >= 0.3 is 5.97 Å². The van der Waals surface area contributed by atoms with Gasteiger partial charge in [-0.3, -0.25) is 14.4 Å². The van der Waals surface area contributed by atoms with Crippen LogP contribution in [0.1, 0.15) is 30.9 Å². The number of nitrogens with zero attached hydrogens (tertiary/aromatic N) is 1. The molecule has 2 aromatic carbocycles. The summed E-state index contributed by atoms with van der Waals surface area (Å²) in [7, 11) is 1.29. The average Bonchev–Trinajstić information content (AvgIpc) is 2.76. The van der Waals surface area contributed by atoms with Crippen molar-refractivity contribution in [2.45, 2.75) is 30.2 Å². The van der Waals surface area contributed by atoms with E-state index < -0.39 is 12.0 Å². The third-order valence-electron chi connectivity index (χ3n) is 4.81. The Labute approximate surface area is 184 Å². The van der Waals surface area contributed by atoms with Crippen molar-refractivity contribution in [2.24, 2.45) is 0 Å². The fraction of sp³-hybridized carbons (Fsp3) is 0.318. The van der Waals surface area contributed by atoms with Gasteiger partial charge in [0.05, 0.1) is 25.3 Å². The van der Waals surface area contributed by atoms with Crippen LogP contribution in [-0.2, 0) is 19.1 Å². The van der Waals surface area contributed by atoms with Gasteiger partial charge in [0.2, 0.25) is 11.8 Å². The van der Waals surface area contributed by atoms with Crippen molar-refractivity contribution < 1.29 is 19.1 Å². The summed E-state index contributed by atoms with van der Waals surface area (Å²) < 4.78 is 4.74. The third kappa shape index (κ3) is 5.55. The van der Waals surface area contributed by atoms with Crippen molar-refractivity contribution in [1.29, 1.82) is 0 Å². The zero-order valence-corrected chi connectivity index (χ0v) is 18.2. The van der Waals surface area contributed by atoms with Crippen molar-refractivity contribution in [2.75, 3.05) is 24.3 Å². The highest BCUT2D eigenvalue weighted by Crippen LogP contribution is 2.34. The predicted molar refractivity (Wildman–Crippen MR) is 118 cm³/mol. The van der Waals surface area contributed by atoms with E-state index >= 15 is 0 Å². The first-order chi connectivity index (χ1) is 14.5. The van der Waals surface area contributed by atoms with Crippen molar-refractivity contribution >= 4 is 46.8 Å². The SMILES string of the molecule is COC(=O)CC(NC(=O)CCC(=O)N1CCSc2ccccc21)c1ccccc1Cl. The van der Waals surface area contributed by atoms with Crippen LogP contribution in [0.15, 0.2) is 53.4 Å². The largest absolute Gasteiger partial charge is 0.469 e. The van der Waals surface area contributed by atoms with Gasteiger partial charge in [-0.15, -0.1) is 11.8 Å². The monoisotopic (exact) mass is 446 g/mol. The summed E-state index contributed by atoms with van der Waals surface area (Å²) >= 11 is 7.96. The predicted octanol–water partition coefficient (Wildman–Crippen LogP) is 3.98. The molecule has 1 aliphatic rings. The molecule has 2 aromatic rings. The number of halogens is 1. The first-order valence-corrected chi connectivity index (χ1v) is 11.0. The average molecular weight is 447 g/mol. The smallest absolute Gasteiger partial charge is 0.307 e. The van der Waals surface area contributed by atoms with E-state index in [4.69, 9.17) is 16.3 Å². The van der Waals surface area contributed by atoms with Crippen LogP contribution < -0.4 is 10.2 Å². The molecule has 1 atom stereocenters. The number of carbonyl (C=O) groups is 3. The number of benzene rings is 2. The van der Waals surface area contributed by atoms with Crippen LogP contribution in [-0.4, -0.2) is 37.2 Å². The summed E-state index contributed by atoms with van der Waals surface area (Å²) in [6.45, 7) is 0.618. The Hall–Kier alpha value is -2.51. The molecular formula is C22H23ClN2O4S. The molecule has 1 N–H and O–H groups in total. The second-order valence-corrected chi connectivity index (χ2v) is 8.33. The van der Waals surface area contributed by atoms with Gasteiger partial charge in [0, 0.05) is 35.1 Å². The second-order valence-electron chi connectivity index (χ2n) is 6.78. The minimum atomic E-state index is -0.624. The van der Waals surface area contributed by atoms with E-state index in [9.17, 15) is 14.4 Å². The minimum absolute atomic E-state index is 0.0206. The van der Waals surface area contributed by atoms with Crippen LogP contribution in [0.2, 0.25) is 5.02 Å². The number of nitrogens with one attached hydrogen (secondary N) is 1. The van der Waals surface area contributed by atoms with Crippen molar-refractivity contribution in [1.82, 2.24) is 5.32 Å². The molecular weight excluding hydrogens is 424 g/mol. The number of para-hydroxylation sites is 1. The van der Waals surface area contributed by atoms with Gasteiger partial charge in [0.1, 0.15) is 0 Å². The molecule has 2 amide bonds. The van der Waals surface area contributed by atoms with E-state index in [1.165, 1.54) is 7.11 Å². The van der Waals surface area contributed by atoms with Crippen LogP contribution in [0.25, 0.3) is 0 Å². The van der Waals surface area contributed by atoms with Gasteiger partial charge < -0.3 is 15.0 Å². The van der Waals surface area contributed by atoms with Crippen molar-refractivity contribution in [3.8, 4) is 0 Å². The van der Waals surface area contributed by atoms with Gasteiger partial charge in [-0.05, 0) is 23.8 Å². The lowest BCUT2D eigenvalue weighted by Crippen LogP contribution is -2.37. The molecule has 3 rings (SSSR count). The highest BCUT2D eigenvalue weighted by Gasteiger charge is 2.25. The lowest BCUT2D eigenvalue weighted by atomic mass is 10.0. The first kappa shape index (κ1) is 22.2. The first-order valence-electron chi connectivity index (χ1n) is 9.62. The maximum Gasteiger partial charge on any atom is 0.307 e. The molecule has 0 aliphatic carbocycles. The third-order valence-corrected chi connectivity index (χ3v) is 6.20. The number of amides is 2. The number of hydrogen-bond acceptors (Lipinski definition) is 5. The fourth-order valence-electron chi connectivity index (χ4n) is 3.30. The summed E-state index contributed by atoms with van der Waals surface area (Å²) in [5, 5.41) is 3.27. The zero-order chi connectivity index (χ0) is 21.5. The van der Waals surface area contributed by atoms with Crippen LogP contribution in [0, 0.1) is 0 Å². The second kappa shape index (κ2) is 10.5. The Kier molecular flexibility index (Phi) is 7.76. The number of ether oxygens (including phenoxy) is 1. The van der Waals surface area contributed by atoms with E-state index in [1.54, 1.807) is 40.9 Å². The number of hydrogen-bond donors (Lipinski definition) is 1. The quantitative estimate of drug-likeness (QED) is 0.651. The Morgan fingerprint density at radius 3 is 2.63 bits per heavy atom. The Morgan fingerprint density at radius 2 is 1.87 bits per heavy atom. The Balaban J connectivity index is 1.63. The fourth-order valence-corrected chi connectivity index (χ4v) is 4.56. The molecule has 0 bridgehead atoms. The molecule has 6 nitrogen and oxygen atoms in total. The van der Waals surface area contributed by atoms with E-state index in [0.29, 0.717) is 17.1 Å². The van der Waals surface area contributed by atoms with Crippen molar-refractivity contribution in [3.05, 3.63) is 59.1 Å². The Bertz CT molecular complexity index is 937. The molecule has 0 radical (unpaired) electrons. The number of esters is 1. The van der Waals surface area contributed by atoms with Crippen LogP contribution in [0.4, 0.5) is 5.69 Å². The molecule has 1 aliphatic heterocycles. The molecule has 158 valence electrons. The van der Waals surface area contributed by atoms with E-state index in [1.807, 2.05) is 24.3 Å². The van der Waals surface area contributed by atoms with Gasteiger partial charge in [0.15, 0.2) is 0 Å². The number of rotatable bonds is 7. The number of thioether (sulfide) groups is 1. The van der Waals surface area contributed by atoms with Gasteiger partial charge in [0.25, 0.3) is 0 Å². The van der Waals surface area contributed by atoms with Crippen molar-refractivity contribution in [3.63, 3.8) is 0 Å². The van der Waals surface area contributed by atoms with Crippen LogP contribution >= 0.6 is 23.4 Å². The summed E-state index contributed by atoms with van der Waals surface area (Å²) in [6, 6.07) is 14.1. The number of anilines is 1. The van der Waals surface area contributed by atoms with E-state index in [-0.39, 0.29) is 31.1 Å². The number of carbonyl (C=O) groups excluding carboxylic acids is 3. The molecule has 0 saturated heterocycles. The number of methoxy groups -OCH3 is 1. The van der Waals surface area contributed by atoms with Gasteiger partial charge in [-0.2, -0.15) is 0 Å². The summed E-state index contributed by atoms with van der Waals surface area (Å²) in [4.78, 5) is 39.9.